The summed E-state index contributed by atoms with van der Waals surface area (Å²) in [4.78, 5) is 0. The summed E-state index contributed by atoms with van der Waals surface area (Å²) in [5.74, 6) is 2.13. The van der Waals surface area contributed by atoms with E-state index in [9.17, 15) is 0 Å². The first kappa shape index (κ1) is 26.0. The minimum absolute atomic E-state index is 0. The predicted octanol–water partition coefficient (Wildman–Crippen LogP) is 6.09. The summed E-state index contributed by atoms with van der Waals surface area (Å²) in [6.07, 6.45) is 20.7. The molecule has 0 unspecified atom stereocenters. The van der Waals surface area contributed by atoms with E-state index < -0.39 is 0 Å². The van der Waals surface area contributed by atoms with Crippen LogP contribution in [0.3, 0.4) is 0 Å². The maximum atomic E-state index is 5.31. The standard InChI is InChI=1S/C26H25N2O.C5H5.Fe/c1-17-14-18(2)22-12-13-23-25(24(22)15-17)27-28(26(23)20-6-4-5-7-20)16-19-8-10-21(29-3)11-9-19;1-2-4-5-3-1;/h4-11,14-15H,12-13,16H2,1-3H3;1-5H;/q;;+2. The first-order chi connectivity index (χ1) is 16.6. The number of ether oxygens (including phenoxy) is 1. The largest absolute Gasteiger partial charge is 2.00 e. The van der Waals surface area contributed by atoms with E-state index in [-0.39, 0.29) is 17.1 Å². The van der Waals surface area contributed by atoms with Crippen LogP contribution >= 0.6 is 0 Å². The van der Waals surface area contributed by atoms with E-state index in [1.165, 1.54) is 45.0 Å². The Kier molecular flexibility index (Phi) is 8.78. The Balaban J connectivity index is 0.000000431. The SMILES string of the molecule is COc1ccc(Cn2nc3c(c2[C]2[CH][CH][CH][CH]2)CCc2c(C)cc(C)cc2-3)cc1.[CH]1[CH][CH][CH][CH]1.[Fe+2]. The van der Waals surface area contributed by atoms with Crippen LogP contribution in [0.2, 0.25) is 0 Å². The van der Waals surface area contributed by atoms with Gasteiger partial charge >= 0.3 is 17.1 Å². The Morgan fingerprint density at radius 3 is 2.09 bits per heavy atom. The van der Waals surface area contributed by atoms with Crippen LogP contribution in [0, 0.1) is 77.6 Å². The van der Waals surface area contributed by atoms with Crippen molar-refractivity contribution in [2.24, 2.45) is 0 Å². The molecule has 3 aromatic rings. The maximum absolute atomic E-state index is 5.31. The molecule has 2 saturated carbocycles. The second-order valence-corrected chi connectivity index (χ2v) is 8.93. The van der Waals surface area contributed by atoms with Gasteiger partial charge in [-0.3, -0.25) is 4.68 Å². The molecule has 2 aromatic carbocycles. The number of aromatic nitrogens is 2. The summed E-state index contributed by atoms with van der Waals surface area (Å²) in [5, 5.41) is 5.15. The summed E-state index contributed by atoms with van der Waals surface area (Å²) in [6, 6.07) is 12.9. The van der Waals surface area contributed by atoms with Crippen LogP contribution in [0.5, 0.6) is 5.75 Å². The van der Waals surface area contributed by atoms with Gasteiger partial charge in [0, 0.05) is 17.0 Å². The number of fused-ring (bicyclic) bond motifs is 3. The Hall–Kier alpha value is -2.03. The quantitative estimate of drug-likeness (QED) is 0.404. The van der Waals surface area contributed by atoms with Gasteiger partial charge in [-0.15, -0.1) is 0 Å². The Labute approximate surface area is 222 Å². The monoisotopic (exact) mass is 502 g/mol. The maximum Gasteiger partial charge on any atom is 2.00 e. The number of rotatable bonds is 4. The van der Waals surface area contributed by atoms with Crippen molar-refractivity contribution >= 4 is 0 Å². The molecule has 0 aliphatic heterocycles. The molecule has 1 aromatic heterocycles. The zero-order valence-electron chi connectivity index (χ0n) is 20.4. The molecule has 0 N–H and O–H groups in total. The van der Waals surface area contributed by atoms with Gasteiger partial charge in [0.2, 0.25) is 0 Å². The van der Waals surface area contributed by atoms with Gasteiger partial charge in [-0.05, 0) is 119 Å². The number of aryl methyl sites for hydroxylation is 2. The first-order valence-corrected chi connectivity index (χ1v) is 11.9. The third-order valence-electron chi connectivity index (χ3n) is 6.53. The molecule has 0 amide bonds. The molecule has 3 aliphatic carbocycles. The number of hydrogen-bond acceptors (Lipinski definition) is 2. The first-order valence-electron chi connectivity index (χ1n) is 11.9. The second-order valence-electron chi connectivity index (χ2n) is 8.93. The Morgan fingerprint density at radius 2 is 1.46 bits per heavy atom. The van der Waals surface area contributed by atoms with Gasteiger partial charge in [-0.1, -0.05) is 23.8 Å². The Bertz CT molecular complexity index is 1110. The van der Waals surface area contributed by atoms with Gasteiger partial charge in [-0.2, -0.15) is 5.10 Å². The van der Waals surface area contributed by atoms with E-state index in [1.54, 1.807) is 7.11 Å². The third kappa shape index (κ3) is 5.70. The molecule has 2 fully saturated rings. The van der Waals surface area contributed by atoms with Crippen molar-refractivity contribution in [2.75, 3.05) is 7.11 Å². The van der Waals surface area contributed by atoms with Gasteiger partial charge in [0.15, 0.2) is 0 Å². The van der Waals surface area contributed by atoms with Gasteiger partial charge in [-0.25, -0.2) is 0 Å². The van der Waals surface area contributed by atoms with E-state index in [0.29, 0.717) is 0 Å². The zero-order chi connectivity index (χ0) is 23.5. The molecule has 6 rings (SSSR count). The van der Waals surface area contributed by atoms with Crippen molar-refractivity contribution in [3.8, 4) is 17.0 Å². The van der Waals surface area contributed by atoms with Crippen LogP contribution in [-0.2, 0) is 36.5 Å². The molecule has 3 nitrogen and oxygen atoms in total. The van der Waals surface area contributed by atoms with Crippen LogP contribution in [-0.4, -0.2) is 16.9 Å². The molecular formula is C31H30FeN2O+2. The van der Waals surface area contributed by atoms with Crippen LogP contribution in [0.4, 0.5) is 0 Å². The fourth-order valence-corrected chi connectivity index (χ4v) is 4.94. The van der Waals surface area contributed by atoms with Crippen molar-refractivity contribution in [2.45, 2.75) is 33.2 Å². The van der Waals surface area contributed by atoms with Crippen LogP contribution in [0.15, 0.2) is 36.4 Å². The summed E-state index contributed by atoms with van der Waals surface area (Å²) in [5.41, 5.74) is 10.4. The zero-order valence-corrected chi connectivity index (χ0v) is 21.5. The number of methoxy groups -OCH3 is 1. The summed E-state index contributed by atoms with van der Waals surface area (Å²) in [6.45, 7) is 5.15. The van der Waals surface area contributed by atoms with Gasteiger partial charge in [0.25, 0.3) is 0 Å². The van der Waals surface area contributed by atoms with E-state index in [1.807, 2.05) is 44.2 Å². The molecule has 4 heteroatoms. The molecule has 0 spiro atoms. The van der Waals surface area contributed by atoms with Crippen molar-refractivity contribution in [3.63, 3.8) is 0 Å². The molecule has 0 saturated heterocycles. The normalized spacial score (nSPS) is 16.7. The van der Waals surface area contributed by atoms with Gasteiger partial charge in [0.05, 0.1) is 25.0 Å². The van der Waals surface area contributed by atoms with Crippen LogP contribution in [0.1, 0.15) is 33.5 Å². The molecule has 3 aliphatic rings. The average molecular weight is 502 g/mol. The predicted molar refractivity (Wildman–Crippen MR) is 138 cm³/mol. The van der Waals surface area contributed by atoms with Crippen molar-refractivity contribution in [1.29, 1.82) is 0 Å². The molecule has 35 heavy (non-hydrogen) atoms. The Morgan fingerprint density at radius 1 is 0.829 bits per heavy atom. The molecular weight excluding hydrogens is 472 g/mol. The second kappa shape index (κ2) is 11.8. The summed E-state index contributed by atoms with van der Waals surface area (Å²) in [7, 11) is 1.70. The summed E-state index contributed by atoms with van der Waals surface area (Å²) >= 11 is 0. The number of nitrogens with zero attached hydrogens (tertiary/aromatic N) is 2. The minimum atomic E-state index is 0. The van der Waals surface area contributed by atoms with Crippen LogP contribution < -0.4 is 4.74 Å². The molecule has 0 atom stereocenters. The summed E-state index contributed by atoms with van der Waals surface area (Å²) < 4.78 is 7.50. The molecule has 176 valence electrons. The van der Waals surface area contributed by atoms with Gasteiger partial charge < -0.3 is 4.74 Å². The van der Waals surface area contributed by atoms with Gasteiger partial charge in [0.1, 0.15) is 5.75 Å². The van der Waals surface area contributed by atoms with E-state index in [4.69, 9.17) is 9.84 Å². The van der Waals surface area contributed by atoms with Crippen LogP contribution in [0.25, 0.3) is 11.3 Å². The smallest absolute Gasteiger partial charge is 0.497 e. The molecule has 0 bridgehead atoms. The average Bonchev–Trinajstić information content (AvgIpc) is 3.62. The van der Waals surface area contributed by atoms with E-state index in [2.05, 4.69) is 68.5 Å². The molecule has 10 radical (unpaired) electrons. The number of hydrogen-bond donors (Lipinski definition) is 0. The van der Waals surface area contributed by atoms with Crippen molar-refractivity contribution in [3.05, 3.63) is 134 Å². The topological polar surface area (TPSA) is 27.1 Å². The van der Waals surface area contributed by atoms with E-state index >= 15 is 0 Å². The number of benzene rings is 2. The fourth-order valence-electron chi connectivity index (χ4n) is 4.94. The van der Waals surface area contributed by atoms with Crippen molar-refractivity contribution in [1.82, 2.24) is 9.78 Å². The fraction of sp³-hybridized carbons (Fsp3) is 0.194. The van der Waals surface area contributed by atoms with Crippen molar-refractivity contribution < 1.29 is 21.8 Å². The minimum Gasteiger partial charge on any atom is -0.497 e. The third-order valence-corrected chi connectivity index (χ3v) is 6.53. The van der Waals surface area contributed by atoms with E-state index in [0.717, 1.165) is 30.8 Å². The molecule has 1 heterocycles.